The van der Waals surface area contributed by atoms with Gasteiger partial charge in [-0.25, -0.2) is 9.18 Å². The molecule has 0 heterocycles. The third-order valence-electron chi connectivity index (χ3n) is 2.36. The van der Waals surface area contributed by atoms with Gasteiger partial charge in [-0.15, -0.1) is 0 Å². The predicted molar refractivity (Wildman–Crippen MR) is 68.0 cm³/mol. The molecular weight excluding hydrogens is 294 g/mol. The lowest BCUT2D eigenvalue weighted by Crippen LogP contribution is -2.16. The third kappa shape index (κ3) is 2.96. The van der Waals surface area contributed by atoms with E-state index in [0.717, 1.165) is 7.11 Å². The Kier molecular flexibility index (Phi) is 5.21. The van der Waals surface area contributed by atoms with Crippen molar-refractivity contribution in [3.63, 3.8) is 0 Å². The van der Waals surface area contributed by atoms with Gasteiger partial charge in [0.05, 0.1) is 18.7 Å². The van der Waals surface area contributed by atoms with Crippen LogP contribution in [0.2, 0.25) is 5.02 Å². The molecule has 108 valence electrons. The highest BCUT2D eigenvalue weighted by Gasteiger charge is 2.26. The molecule has 0 spiro atoms. The number of rotatable bonds is 5. The van der Waals surface area contributed by atoms with Gasteiger partial charge in [-0.2, -0.15) is 4.39 Å². The number of methoxy groups -OCH3 is 1. The summed E-state index contributed by atoms with van der Waals surface area (Å²) in [6.07, 6.45) is 0. The highest BCUT2D eigenvalue weighted by molar-refractivity contribution is 6.38. The fraction of sp³-hybridized carbons (Fsp3) is 0.231. The standard InChI is InChI=1S/C13H11ClF2O4/c1-4-20-13(18)6(2)11(17)7-5-8(15)10(16)12(19-3)9(7)14/h5H,2,4H2,1,3H3. The summed E-state index contributed by atoms with van der Waals surface area (Å²) in [5.74, 6) is -5.20. The van der Waals surface area contributed by atoms with Crippen LogP contribution >= 0.6 is 11.6 Å². The SMILES string of the molecule is C=C(C(=O)OCC)C(=O)c1cc(F)c(F)c(OC)c1Cl. The van der Waals surface area contributed by atoms with Gasteiger partial charge in [-0.1, -0.05) is 18.2 Å². The average molecular weight is 305 g/mol. The number of carbonyl (C=O) groups excluding carboxylic acids is 2. The Bertz CT molecular complexity index is 584. The van der Waals surface area contributed by atoms with Gasteiger partial charge < -0.3 is 9.47 Å². The van der Waals surface area contributed by atoms with E-state index in [1.165, 1.54) is 0 Å². The topological polar surface area (TPSA) is 52.6 Å². The van der Waals surface area contributed by atoms with Crippen LogP contribution in [0.1, 0.15) is 17.3 Å². The van der Waals surface area contributed by atoms with Crippen LogP contribution in [0.5, 0.6) is 5.75 Å². The molecule has 4 nitrogen and oxygen atoms in total. The lowest BCUT2D eigenvalue weighted by atomic mass is 10.0. The highest BCUT2D eigenvalue weighted by Crippen LogP contribution is 2.34. The van der Waals surface area contributed by atoms with Crippen molar-refractivity contribution in [3.8, 4) is 5.75 Å². The Morgan fingerprint density at radius 1 is 1.40 bits per heavy atom. The van der Waals surface area contributed by atoms with E-state index >= 15 is 0 Å². The molecule has 0 aliphatic carbocycles. The molecule has 0 saturated heterocycles. The number of halogens is 3. The number of esters is 1. The van der Waals surface area contributed by atoms with E-state index in [-0.39, 0.29) is 6.61 Å². The lowest BCUT2D eigenvalue weighted by molar-refractivity contribution is -0.138. The zero-order valence-electron chi connectivity index (χ0n) is 10.8. The summed E-state index contributed by atoms with van der Waals surface area (Å²) < 4.78 is 35.9. The fourth-order valence-electron chi connectivity index (χ4n) is 1.40. The van der Waals surface area contributed by atoms with Crippen LogP contribution in [-0.4, -0.2) is 25.5 Å². The summed E-state index contributed by atoms with van der Waals surface area (Å²) in [6.45, 7) is 4.84. The zero-order chi connectivity index (χ0) is 15.4. The maximum atomic E-state index is 13.4. The minimum absolute atomic E-state index is 0.0416. The van der Waals surface area contributed by atoms with Crippen molar-refractivity contribution >= 4 is 23.4 Å². The molecule has 0 aromatic heterocycles. The van der Waals surface area contributed by atoms with Gasteiger partial charge in [-0.3, -0.25) is 4.79 Å². The second kappa shape index (κ2) is 6.47. The molecule has 0 N–H and O–H groups in total. The van der Waals surface area contributed by atoms with Gasteiger partial charge in [0.25, 0.3) is 0 Å². The van der Waals surface area contributed by atoms with Crippen molar-refractivity contribution in [1.82, 2.24) is 0 Å². The van der Waals surface area contributed by atoms with Gasteiger partial charge in [0, 0.05) is 5.56 Å². The van der Waals surface area contributed by atoms with E-state index in [1.807, 2.05) is 0 Å². The molecular formula is C13H11ClF2O4. The summed E-state index contributed by atoms with van der Waals surface area (Å²) in [6, 6.07) is 0.576. The summed E-state index contributed by atoms with van der Waals surface area (Å²) >= 11 is 5.76. The summed E-state index contributed by atoms with van der Waals surface area (Å²) in [5, 5.41) is -0.443. The number of hydrogen-bond acceptors (Lipinski definition) is 4. The number of hydrogen-bond donors (Lipinski definition) is 0. The molecule has 0 unspecified atom stereocenters. The summed E-state index contributed by atoms with van der Waals surface area (Å²) in [4.78, 5) is 23.4. The van der Waals surface area contributed by atoms with Crippen molar-refractivity contribution in [1.29, 1.82) is 0 Å². The Morgan fingerprint density at radius 3 is 2.50 bits per heavy atom. The van der Waals surface area contributed by atoms with Crippen LogP contribution in [0.4, 0.5) is 8.78 Å². The normalized spacial score (nSPS) is 10.1. The van der Waals surface area contributed by atoms with Crippen LogP contribution in [-0.2, 0) is 9.53 Å². The molecule has 0 amide bonds. The molecule has 0 aliphatic rings. The molecule has 1 aromatic rings. The first-order chi connectivity index (χ1) is 9.34. The predicted octanol–water partition coefficient (Wildman–Crippen LogP) is 2.93. The molecule has 0 aliphatic heterocycles. The second-order valence-electron chi connectivity index (χ2n) is 3.60. The third-order valence-corrected chi connectivity index (χ3v) is 2.74. The van der Waals surface area contributed by atoms with Gasteiger partial charge in [0.2, 0.25) is 11.6 Å². The minimum Gasteiger partial charge on any atom is -0.492 e. The maximum Gasteiger partial charge on any atom is 0.341 e. The second-order valence-corrected chi connectivity index (χ2v) is 3.97. The largest absolute Gasteiger partial charge is 0.492 e. The molecule has 0 radical (unpaired) electrons. The minimum atomic E-state index is -1.33. The Labute approximate surface area is 118 Å². The van der Waals surface area contributed by atoms with Crippen LogP contribution in [0.25, 0.3) is 0 Å². The van der Waals surface area contributed by atoms with Gasteiger partial charge in [0.1, 0.15) is 5.57 Å². The van der Waals surface area contributed by atoms with Crippen molar-refractivity contribution in [2.24, 2.45) is 0 Å². The monoisotopic (exact) mass is 304 g/mol. The lowest BCUT2D eigenvalue weighted by Gasteiger charge is -2.10. The average Bonchev–Trinajstić information content (AvgIpc) is 2.42. The van der Waals surface area contributed by atoms with E-state index in [9.17, 15) is 18.4 Å². The van der Waals surface area contributed by atoms with Gasteiger partial charge >= 0.3 is 5.97 Å². The molecule has 0 bridgehead atoms. The molecule has 0 saturated carbocycles. The first kappa shape index (κ1) is 16.1. The van der Waals surface area contributed by atoms with Crippen molar-refractivity contribution in [2.75, 3.05) is 13.7 Å². The van der Waals surface area contributed by atoms with Crippen LogP contribution in [0, 0.1) is 11.6 Å². The quantitative estimate of drug-likeness (QED) is 0.210. The summed E-state index contributed by atoms with van der Waals surface area (Å²) in [5.41, 5.74) is -0.970. The van der Waals surface area contributed by atoms with E-state index in [4.69, 9.17) is 11.6 Å². The molecule has 20 heavy (non-hydrogen) atoms. The van der Waals surface area contributed by atoms with E-state index in [2.05, 4.69) is 16.1 Å². The molecule has 7 heteroatoms. The molecule has 0 fully saturated rings. The number of ketones is 1. The smallest absolute Gasteiger partial charge is 0.341 e. The highest BCUT2D eigenvalue weighted by atomic mass is 35.5. The summed E-state index contributed by atoms with van der Waals surface area (Å²) in [7, 11) is 1.07. The molecule has 0 atom stereocenters. The van der Waals surface area contributed by atoms with Crippen molar-refractivity contribution < 1.29 is 27.8 Å². The van der Waals surface area contributed by atoms with Gasteiger partial charge in [-0.05, 0) is 13.0 Å². The molecule has 1 aromatic carbocycles. The Morgan fingerprint density at radius 2 is 2.00 bits per heavy atom. The van der Waals surface area contributed by atoms with Crippen LogP contribution < -0.4 is 4.74 Å². The number of carbonyl (C=O) groups is 2. The number of Topliss-reactive ketones (excluding diaryl/α,β-unsaturated/α-hetero) is 1. The van der Waals surface area contributed by atoms with Gasteiger partial charge in [0.15, 0.2) is 11.6 Å². The zero-order valence-corrected chi connectivity index (χ0v) is 11.5. The van der Waals surface area contributed by atoms with E-state index < -0.39 is 45.3 Å². The fourth-order valence-corrected chi connectivity index (χ4v) is 1.70. The van der Waals surface area contributed by atoms with Crippen molar-refractivity contribution in [3.05, 3.63) is 40.4 Å². The first-order valence-corrected chi connectivity index (χ1v) is 5.85. The van der Waals surface area contributed by atoms with Crippen molar-refractivity contribution in [2.45, 2.75) is 6.92 Å². The molecule has 1 rings (SSSR count). The maximum absolute atomic E-state index is 13.4. The van der Waals surface area contributed by atoms with E-state index in [0.29, 0.717) is 6.07 Å². The Hall–Kier alpha value is -1.95. The van der Waals surface area contributed by atoms with E-state index in [1.54, 1.807) is 6.92 Å². The Balaban J connectivity index is 3.27. The number of benzene rings is 1. The first-order valence-electron chi connectivity index (χ1n) is 5.47. The van der Waals surface area contributed by atoms with Crippen LogP contribution in [0.3, 0.4) is 0 Å². The number of ether oxygens (including phenoxy) is 2. The van der Waals surface area contributed by atoms with Crippen LogP contribution in [0.15, 0.2) is 18.2 Å².